The summed E-state index contributed by atoms with van der Waals surface area (Å²) >= 11 is 0. The van der Waals surface area contributed by atoms with Gasteiger partial charge in [-0.05, 0) is 5.56 Å². The third-order valence-corrected chi connectivity index (χ3v) is 2.36. The molecule has 1 aliphatic rings. The summed E-state index contributed by atoms with van der Waals surface area (Å²) in [4.78, 5) is 10.6. The second-order valence-electron chi connectivity index (χ2n) is 3.41. The third kappa shape index (κ3) is 2.00. The van der Waals surface area contributed by atoms with E-state index in [1.807, 2.05) is 30.3 Å². The van der Waals surface area contributed by atoms with Gasteiger partial charge in [0, 0.05) is 0 Å². The van der Waals surface area contributed by atoms with Crippen molar-refractivity contribution in [1.29, 1.82) is 0 Å². The molecule has 1 unspecified atom stereocenters. The summed E-state index contributed by atoms with van der Waals surface area (Å²) in [5.41, 5.74) is 1.17. The van der Waals surface area contributed by atoms with Gasteiger partial charge in [0.2, 0.25) is 0 Å². The number of hydrogen-bond donors (Lipinski definition) is 1. The zero-order chi connectivity index (χ0) is 9.80. The minimum Gasteiger partial charge on any atom is -0.377 e. The molecule has 3 heteroatoms. The molecule has 2 rings (SSSR count). The molecule has 1 heterocycles. The molecule has 74 valence electrons. The summed E-state index contributed by atoms with van der Waals surface area (Å²) in [5.74, 6) is 0. The van der Waals surface area contributed by atoms with Crippen LogP contribution in [0.4, 0.5) is 0 Å². The third-order valence-electron chi connectivity index (χ3n) is 2.36. The molecular formula is C11H13NO2. The van der Waals surface area contributed by atoms with E-state index in [1.54, 1.807) is 0 Å². The highest BCUT2D eigenvalue weighted by molar-refractivity contribution is 5.58. The fourth-order valence-electron chi connectivity index (χ4n) is 1.62. The summed E-state index contributed by atoms with van der Waals surface area (Å²) in [6.45, 7) is 1.11. The minimum atomic E-state index is -0.172. The molecule has 2 atom stereocenters. The SMILES string of the molecule is O=CC1COC[C@@H](c2ccccc2)N1. The Morgan fingerprint density at radius 3 is 2.79 bits per heavy atom. The fourth-order valence-corrected chi connectivity index (χ4v) is 1.62. The topological polar surface area (TPSA) is 38.3 Å². The summed E-state index contributed by atoms with van der Waals surface area (Å²) < 4.78 is 5.35. The number of nitrogens with one attached hydrogen (secondary N) is 1. The van der Waals surface area contributed by atoms with Crippen LogP contribution in [0.15, 0.2) is 30.3 Å². The van der Waals surface area contributed by atoms with Crippen LogP contribution in [0.1, 0.15) is 11.6 Å². The van der Waals surface area contributed by atoms with Crippen molar-refractivity contribution >= 4 is 6.29 Å². The van der Waals surface area contributed by atoms with Crippen molar-refractivity contribution in [2.24, 2.45) is 0 Å². The van der Waals surface area contributed by atoms with E-state index < -0.39 is 0 Å². The first-order chi connectivity index (χ1) is 6.90. The monoisotopic (exact) mass is 191 g/mol. The number of carbonyl (C=O) groups is 1. The average Bonchev–Trinajstić information content (AvgIpc) is 2.30. The van der Waals surface area contributed by atoms with Gasteiger partial charge in [-0.1, -0.05) is 30.3 Å². The van der Waals surface area contributed by atoms with E-state index in [0.29, 0.717) is 13.2 Å². The van der Waals surface area contributed by atoms with Crippen LogP contribution in [0.5, 0.6) is 0 Å². The smallest absolute Gasteiger partial charge is 0.139 e. The average molecular weight is 191 g/mol. The Labute approximate surface area is 83.1 Å². The molecule has 0 bridgehead atoms. The van der Waals surface area contributed by atoms with Gasteiger partial charge in [-0.2, -0.15) is 0 Å². The Morgan fingerprint density at radius 2 is 2.07 bits per heavy atom. The maximum absolute atomic E-state index is 10.6. The van der Waals surface area contributed by atoms with Crippen molar-refractivity contribution in [3.05, 3.63) is 35.9 Å². The van der Waals surface area contributed by atoms with Crippen molar-refractivity contribution in [2.45, 2.75) is 12.1 Å². The van der Waals surface area contributed by atoms with E-state index in [-0.39, 0.29) is 12.1 Å². The highest BCUT2D eigenvalue weighted by atomic mass is 16.5. The van der Waals surface area contributed by atoms with Crippen molar-refractivity contribution in [3.63, 3.8) is 0 Å². The first kappa shape index (κ1) is 9.37. The lowest BCUT2D eigenvalue weighted by atomic mass is 10.1. The Kier molecular flexibility index (Phi) is 2.91. The lowest BCUT2D eigenvalue weighted by Crippen LogP contribution is -2.44. The molecule has 1 aliphatic heterocycles. The van der Waals surface area contributed by atoms with Gasteiger partial charge in [-0.15, -0.1) is 0 Å². The molecule has 1 aromatic rings. The second-order valence-corrected chi connectivity index (χ2v) is 3.41. The number of rotatable bonds is 2. The summed E-state index contributed by atoms with van der Waals surface area (Å²) in [6, 6.07) is 9.99. The molecule has 0 spiro atoms. The molecular weight excluding hydrogens is 178 g/mol. The molecule has 0 amide bonds. The molecule has 1 aromatic carbocycles. The molecule has 14 heavy (non-hydrogen) atoms. The second kappa shape index (κ2) is 4.35. The van der Waals surface area contributed by atoms with E-state index in [2.05, 4.69) is 5.32 Å². The fraction of sp³-hybridized carbons (Fsp3) is 0.364. The first-order valence-corrected chi connectivity index (χ1v) is 4.74. The number of carbonyl (C=O) groups excluding carboxylic acids is 1. The zero-order valence-electron chi connectivity index (χ0n) is 7.85. The molecule has 0 saturated carbocycles. The predicted octanol–water partition coefficient (Wildman–Crippen LogP) is 0.915. The molecule has 1 N–H and O–H groups in total. The Balaban J connectivity index is 2.08. The van der Waals surface area contributed by atoms with Crippen LogP contribution < -0.4 is 5.32 Å². The lowest BCUT2D eigenvalue weighted by Gasteiger charge is -2.28. The normalized spacial score (nSPS) is 27.1. The molecule has 0 radical (unpaired) electrons. The van der Waals surface area contributed by atoms with Gasteiger partial charge in [0.25, 0.3) is 0 Å². The number of aldehydes is 1. The Bertz CT molecular complexity index is 299. The van der Waals surface area contributed by atoms with E-state index >= 15 is 0 Å². The van der Waals surface area contributed by atoms with E-state index in [1.165, 1.54) is 5.56 Å². The van der Waals surface area contributed by atoms with Crippen LogP contribution >= 0.6 is 0 Å². The quantitative estimate of drug-likeness (QED) is 0.706. The maximum atomic E-state index is 10.6. The van der Waals surface area contributed by atoms with E-state index in [0.717, 1.165) is 6.29 Å². The minimum absolute atomic E-state index is 0.139. The Morgan fingerprint density at radius 1 is 1.29 bits per heavy atom. The van der Waals surface area contributed by atoms with Gasteiger partial charge in [0.1, 0.15) is 6.29 Å². The standard InChI is InChI=1S/C11H13NO2/c13-6-10-7-14-8-11(12-10)9-4-2-1-3-5-9/h1-6,10-12H,7-8H2/t10?,11-/m0/s1. The van der Waals surface area contributed by atoms with Crippen LogP contribution in [0.2, 0.25) is 0 Å². The van der Waals surface area contributed by atoms with Gasteiger partial charge in [-0.3, -0.25) is 5.32 Å². The molecule has 3 nitrogen and oxygen atoms in total. The summed E-state index contributed by atoms with van der Waals surface area (Å²) in [7, 11) is 0. The maximum Gasteiger partial charge on any atom is 0.139 e. The van der Waals surface area contributed by atoms with Crippen molar-refractivity contribution < 1.29 is 9.53 Å². The van der Waals surface area contributed by atoms with Crippen molar-refractivity contribution in [2.75, 3.05) is 13.2 Å². The number of ether oxygens (including phenoxy) is 1. The van der Waals surface area contributed by atoms with Crippen LogP contribution in [0.3, 0.4) is 0 Å². The van der Waals surface area contributed by atoms with Gasteiger partial charge < -0.3 is 9.53 Å². The Hall–Kier alpha value is -1.19. The highest BCUT2D eigenvalue weighted by Gasteiger charge is 2.21. The largest absolute Gasteiger partial charge is 0.377 e. The number of hydrogen-bond acceptors (Lipinski definition) is 3. The van der Waals surface area contributed by atoms with Crippen LogP contribution in [-0.2, 0) is 9.53 Å². The molecule has 0 aliphatic carbocycles. The van der Waals surface area contributed by atoms with Crippen LogP contribution in [0, 0.1) is 0 Å². The lowest BCUT2D eigenvalue weighted by molar-refractivity contribution is -0.112. The number of benzene rings is 1. The predicted molar refractivity (Wildman–Crippen MR) is 53.0 cm³/mol. The van der Waals surface area contributed by atoms with Crippen molar-refractivity contribution in [1.82, 2.24) is 5.32 Å². The van der Waals surface area contributed by atoms with Crippen LogP contribution in [-0.4, -0.2) is 25.5 Å². The van der Waals surface area contributed by atoms with Gasteiger partial charge in [0.15, 0.2) is 0 Å². The summed E-state index contributed by atoms with van der Waals surface area (Å²) in [5, 5.41) is 3.23. The van der Waals surface area contributed by atoms with Gasteiger partial charge >= 0.3 is 0 Å². The summed E-state index contributed by atoms with van der Waals surface area (Å²) in [6.07, 6.45) is 0.898. The molecule has 0 aromatic heterocycles. The van der Waals surface area contributed by atoms with E-state index in [4.69, 9.17) is 4.74 Å². The highest BCUT2D eigenvalue weighted by Crippen LogP contribution is 2.16. The zero-order valence-corrected chi connectivity index (χ0v) is 7.85. The first-order valence-electron chi connectivity index (χ1n) is 4.74. The van der Waals surface area contributed by atoms with Crippen LogP contribution in [0.25, 0.3) is 0 Å². The van der Waals surface area contributed by atoms with Gasteiger partial charge in [0.05, 0.1) is 25.3 Å². The van der Waals surface area contributed by atoms with E-state index in [9.17, 15) is 4.79 Å². The molecule has 1 saturated heterocycles. The van der Waals surface area contributed by atoms with Crippen molar-refractivity contribution in [3.8, 4) is 0 Å². The number of morpholine rings is 1. The van der Waals surface area contributed by atoms with Gasteiger partial charge in [-0.25, -0.2) is 0 Å². The molecule has 1 fully saturated rings.